The molecular formula is C14H16ClN3O4S. The molecule has 1 heterocycles. The van der Waals surface area contributed by atoms with Gasteiger partial charge in [-0.2, -0.15) is 0 Å². The molecule has 0 spiro atoms. The number of amides is 1. The van der Waals surface area contributed by atoms with Crippen molar-refractivity contribution in [3.63, 3.8) is 0 Å². The molecule has 1 aromatic carbocycles. The molecule has 23 heavy (non-hydrogen) atoms. The maximum atomic E-state index is 12.2. The van der Waals surface area contributed by atoms with Crippen LogP contribution in [0.25, 0.3) is 0 Å². The van der Waals surface area contributed by atoms with Gasteiger partial charge in [0.25, 0.3) is 5.91 Å². The molecule has 7 nitrogen and oxygen atoms in total. The summed E-state index contributed by atoms with van der Waals surface area (Å²) in [6, 6.07) is 4.35. The highest BCUT2D eigenvalue weighted by Gasteiger charge is 2.14. The fourth-order valence-electron chi connectivity index (χ4n) is 1.97. The van der Waals surface area contributed by atoms with E-state index in [1.54, 1.807) is 13.8 Å². The van der Waals surface area contributed by atoms with Crippen molar-refractivity contribution in [3.8, 4) is 0 Å². The predicted octanol–water partition coefficient (Wildman–Crippen LogP) is 2.25. The molecule has 0 aliphatic carbocycles. The van der Waals surface area contributed by atoms with Gasteiger partial charge in [0.2, 0.25) is 10.0 Å². The Hall–Kier alpha value is -2.06. The number of halogens is 1. The average molecular weight is 358 g/mol. The maximum absolute atomic E-state index is 12.2. The lowest BCUT2D eigenvalue weighted by atomic mass is 10.1. The van der Waals surface area contributed by atoms with Gasteiger partial charge < -0.3 is 9.84 Å². The monoisotopic (exact) mass is 357 g/mol. The first-order valence-electron chi connectivity index (χ1n) is 6.64. The summed E-state index contributed by atoms with van der Waals surface area (Å²) >= 11 is 5.93. The van der Waals surface area contributed by atoms with Crippen molar-refractivity contribution < 1.29 is 17.7 Å². The number of hydrogen-bond donors (Lipinski definition) is 2. The number of nitrogens with one attached hydrogen (secondary N) is 2. The van der Waals surface area contributed by atoms with Gasteiger partial charge in [0.05, 0.1) is 22.7 Å². The van der Waals surface area contributed by atoms with Crippen LogP contribution in [0.4, 0.5) is 5.69 Å². The zero-order chi connectivity index (χ0) is 17.2. The Labute approximate surface area is 139 Å². The van der Waals surface area contributed by atoms with Crippen molar-refractivity contribution in [3.05, 3.63) is 45.8 Å². The van der Waals surface area contributed by atoms with Crippen LogP contribution in [0.15, 0.2) is 22.7 Å². The first kappa shape index (κ1) is 17.3. The molecule has 0 unspecified atom stereocenters. The van der Waals surface area contributed by atoms with E-state index in [0.717, 1.165) is 11.8 Å². The lowest BCUT2D eigenvalue weighted by Gasteiger charge is -2.09. The molecule has 0 fully saturated rings. The minimum Gasteiger partial charge on any atom is -0.361 e. The molecule has 1 aromatic heterocycles. The number of anilines is 1. The van der Waals surface area contributed by atoms with Crippen LogP contribution in [0.5, 0.6) is 0 Å². The van der Waals surface area contributed by atoms with E-state index in [1.165, 1.54) is 18.2 Å². The van der Waals surface area contributed by atoms with Gasteiger partial charge in [0, 0.05) is 17.7 Å². The predicted molar refractivity (Wildman–Crippen MR) is 87.1 cm³/mol. The fourth-order valence-corrected chi connectivity index (χ4v) is 2.76. The van der Waals surface area contributed by atoms with Crippen molar-refractivity contribution in [1.82, 2.24) is 10.5 Å². The summed E-state index contributed by atoms with van der Waals surface area (Å²) in [5.41, 5.74) is 1.95. The number of hydrogen-bond acceptors (Lipinski definition) is 5. The summed E-state index contributed by atoms with van der Waals surface area (Å²) < 4.78 is 29.9. The van der Waals surface area contributed by atoms with E-state index in [4.69, 9.17) is 16.1 Å². The largest absolute Gasteiger partial charge is 0.361 e. The minimum absolute atomic E-state index is 0.152. The van der Waals surface area contributed by atoms with E-state index in [0.29, 0.717) is 11.5 Å². The van der Waals surface area contributed by atoms with Crippen molar-refractivity contribution in [2.75, 3.05) is 11.0 Å². The van der Waals surface area contributed by atoms with Gasteiger partial charge in [0.15, 0.2) is 0 Å². The average Bonchev–Trinajstić information content (AvgIpc) is 2.76. The molecule has 0 saturated heterocycles. The van der Waals surface area contributed by atoms with Crippen molar-refractivity contribution >= 4 is 33.2 Å². The lowest BCUT2D eigenvalue weighted by molar-refractivity contribution is 0.0951. The second-order valence-electron chi connectivity index (χ2n) is 5.05. The molecule has 2 aromatic rings. The number of nitrogens with zero attached hydrogens (tertiary/aromatic N) is 1. The van der Waals surface area contributed by atoms with E-state index in [2.05, 4.69) is 15.2 Å². The second-order valence-corrected chi connectivity index (χ2v) is 7.21. The zero-order valence-electron chi connectivity index (χ0n) is 12.8. The van der Waals surface area contributed by atoms with E-state index < -0.39 is 10.0 Å². The number of rotatable bonds is 5. The zero-order valence-corrected chi connectivity index (χ0v) is 14.4. The maximum Gasteiger partial charge on any atom is 0.251 e. The van der Waals surface area contributed by atoms with Crippen LogP contribution in [0, 0.1) is 13.8 Å². The summed E-state index contributed by atoms with van der Waals surface area (Å²) in [6.45, 7) is 3.81. The molecule has 9 heteroatoms. The molecule has 2 N–H and O–H groups in total. The molecule has 2 rings (SSSR count). The number of benzene rings is 1. The van der Waals surface area contributed by atoms with E-state index in [9.17, 15) is 13.2 Å². The Morgan fingerprint density at radius 3 is 2.61 bits per heavy atom. The first-order valence-corrected chi connectivity index (χ1v) is 8.91. The minimum atomic E-state index is -3.49. The SMILES string of the molecule is Cc1noc(C)c1CNC(=O)c1ccc(Cl)c(NS(C)(=O)=O)c1. The Bertz CT molecular complexity index is 826. The second kappa shape index (κ2) is 6.59. The lowest BCUT2D eigenvalue weighted by Crippen LogP contribution is -2.23. The van der Waals surface area contributed by atoms with Crippen LogP contribution >= 0.6 is 11.6 Å². The Morgan fingerprint density at radius 1 is 1.35 bits per heavy atom. The van der Waals surface area contributed by atoms with E-state index in [-0.39, 0.29) is 28.7 Å². The number of aromatic nitrogens is 1. The number of carbonyl (C=O) groups excluding carboxylic acids is 1. The standard InChI is InChI=1S/C14H16ClN3O4S/c1-8-11(9(2)22-17-8)7-16-14(19)10-4-5-12(15)13(6-10)18-23(3,20)21/h4-6,18H,7H2,1-3H3,(H,16,19). The summed E-state index contributed by atoms with van der Waals surface area (Å²) in [5.74, 6) is 0.275. The van der Waals surface area contributed by atoms with Crippen LogP contribution < -0.4 is 10.0 Å². The summed E-state index contributed by atoms with van der Waals surface area (Å²) in [4.78, 5) is 12.2. The molecule has 0 aliphatic heterocycles. The summed E-state index contributed by atoms with van der Waals surface area (Å²) in [7, 11) is -3.49. The smallest absolute Gasteiger partial charge is 0.251 e. The fraction of sp³-hybridized carbons (Fsp3) is 0.286. The summed E-state index contributed by atoms with van der Waals surface area (Å²) in [6.07, 6.45) is 1.01. The van der Waals surface area contributed by atoms with E-state index >= 15 is 0 Å². The van der Waals surface area contributed by atoms with Gasteiger partial charge in [0.1, 0.15) is 5.76 Å². The van der Waals surface area contributed by atoms with Crippen LogP contribution in [0.3, 0.4) is 0 Å². The van der Waals surface area contributed by atoms with Crippen LogP contribution in [-0.2, 0) is 16.6 Å². The molecule has 1 amide bonds. The van der Waals surface area contributed by atoms with Gasteiger partial charge in [-0.05, 0) is 32.0 Å². The normalized spacial score (nSPS) is 11.3. The van der Waals surface area contributed by atoms with Crippen molar-refractivity contribution in [1.29, 1.82) is 0 Å². The quantitative estimate of drug-likeness (QED) is 0.854. The van der Waals surface area contributed by atoms with Gasteiger partial charge in [-0.15, -0.1) is 0 Å². The number of sulfonamides is 1. The van der Waals surface area contributed by atoms with Gasteiger partial charge >= 0.3 is 0 Å². The van der Waals surface area contributed by atoms with Gasteiger partial charge in [-0.25, -0.2) is 8.42 Å². The molecule has 0 atom stereocenters. The highest BCUT2D eigenvalue weighted by Crippen LogP contribution is 2.24. The first-order chi connectivity index (χ1) is 10.7. The highest BCUT2D eigenvalue weighted by atomic mass is 35.5. The van der Waals surface area contributed by atoms with Crippen molar-refractivity contribution in [2.24, 2.45) is 0 Å². The number of aryl methyl sites for hydroxylation is 2. The molecule has 124 valence electrons. The molecule has 0 radical (unpaired) electrons. The Kier molecular flexibility index (Phi) is 4.96. The van der Waals surface area contributed by atoms with Crippen LogP contribution in [0.2, 0.25) is 5.02 Å². The van der Waals surface area contributed by atoms with Crippen molar-refractivity contribution in [2.45, 2.75) is 20.4 Å². The van der Waals surface area contributed by atoms with Crippen LogP contribution in [0.1, 0.15) is 27.4 Å². The summed E-state index contributed by atoms with van der Waals surface area (Å²) in [5, 5.41) is 6.75. The van der Waals surface area contributed by atoms with Crippen LogP contribution in [-0.4, -0.2) is 25.7 Å². The third kappa shape index (κ3) is 4.46. The molecule has 0 bridgehead atoms. The third-order valence-electron chi connectivity index (χ3n) is 3.13. The molecule has 0 saturated carbocycles. The van der Waals surface area contributed by atoms with Gasteiger partial charge in [-0.3, -0.25) is 9.52 Å². The van der Waals surface area contributed by atoms with E-state index in [1.807, 2.05) is 0 Å². The topological polar surface area (TPSA) is 101 Å². The number of carbonyl (C=O) groups is 1. The Morgan fingerprint density at radius 2 is 2.04 bits per heavy atom. The Balaban J connectivity index is 2.15. The molecule has 0 aliphatic rings. The van der Waals surface area contributed by atoms with Gasteiger partial charge in [-0.1, -0.05) is 16.8 Å². The highest BCUT2D eigenvalue weighted by molar-refractivity contribution is 7.92. The third-order valence-corrected chi connectivity index (χ3v) is 4.05. The molecular weight excluding hydrogens is 342 g/mol.